The number of halogens is 1. The lowest BCUT2D eigenvalue weighted by Crippen LogP contribution is -2.35. The lowest BCUT2D eigenvalue weighted by Gasteiger charge is -2.21. The molecule has 0 amide bonds. The van der Waals surface area contributed by atoms with Gasteiger partial charge in [-0.25, -0.2) is 4.98 Å². The Morgan fingerprint density at radius 3 is 2.67 bits per heavy atom. The van der Waals surface area contributed by atoms with Crippen molar-refractivity contribution in [1.29, 1.82) is 0 Å². The number of carboxylic acid groups (broad SMARTS) is 1. The number of carboxylic acids is 1. The molecule has 1 fully saturated rings. The molecule has 5 rings (SSSR count). The van der Waals surface area contributed by atoms with Gasteiger partial charge in [-0.1, -0.05) is 54.1 Å². The van der Waals surface area contributed by atoms with Crippen LogP contribution >= 0.6 is 25.1 Å². The lowest BCUT2D eigenvalue weighted by atomic mass is 9.96. The summed E-state index contributed by atoms with van der Waals surface area (Å²) in [6.07, 6.45) is 1.54. The number of oxazole rings is 1. The molecule has 0 bridgehead atoms. The molecular weight excluding hydrogens is 456 g/mol. The van der Waals surface area contributed by atoms with Crippen LogP contribution in [0.25, 0.3) is 33.7 Å². The number of fused-ring (bicyclic) bond motifs is 1. The van der Waals surface area contributed by atoms with Gasteiger partial charge in [-0.05, 0) is 60.7 Å². The van der Waals surface area contributed by atoms with Gasteiger partial charge in [-0.15, -0.1) is 0 Å². The first kappa shape index (κ1) is 23.4. The van der Waals surface area contributed by atoms with Crippen LogP contribution in [0.5, 0.6) is 0 Å². The zero-order valence-corrected chi connectivity index (χ0v) is 20.0. The maximum absolute atomic E-state index is 11.5. The maximum atomic E-state index is 11.5. The fourth-order valence-corrected chi connectivity index (χ4v) is 4.75. The van der Waals surface area contributed by atoms with Crippen molar-refractivity contribution >= 4 is 42.2 Å². The van der Waals surface area contributed by atoms with Crippen LogP contribution in [-0.2, 0) is 11.3 Å². The van der Waals surface area contributed by atoms with Crippen molar-refractivity contribution in [3.05, 3.63) is 76.8 Å². The Balaban J connectivity index is 0.00000259. The second-order valence-corrected chi connectivity index (χ2v) is 8.65. The third kappa shape index (κ3) is 4.51. The summed E-state index contributed by atoms with van der Waals surface area (Å²) in [6, 6.07) is 19.6. The molecule has 33 heavy (non-hydrogen) atoms. The minimum atomic E-state index is -0.780. The Bertz CT molecular complexity index is 1310. The van der Waals surface area contributed by atoms with Gasteiger partial charge in [0.15, 0.2) is 5.58 Å². The molecule has 0 saturated carbocycles. The summed E-state index contributed by atoms with van der Waals surface area (Å²) >= 11 is 6.54. The van der Waals surface area contributed by atoms with E-state index in [1.165, 1.54) is 0 Å². The predicted molar refractivity (Wildman–Crippen MR) is 136 cm³/mol. The van der Waals surface area contributed by atoms with E-state index in [4.69, 9.17) is 21.0 Å². The van der Waals surface area contributed by atoms with Gasteiger partial charge in [0.2, 0.25) is 5.89 Å². The first-order valence-electron chi connectivity index (χ1n) is 10.7. The molecule has 1 N–H and O–H groups in total. The topological polar surface area (TPSA) is 66.6 Å². The summed E-state index contributed by atoms with van der Waals surface area (Å²) < 4.78 is 6.09. The second-order valence-electron chi connectivity index (χ2n) is 8.24. The number of aromatic nitrogens is 1. The van der Waals surface area contributed by atoms with Crippen LogP contribution < -0.4 is 0 Å². The molecule has 7 heteroatoms. The molecule has 1 atom stereocenters. The van der Waals surface area contributed by atoms with Gasteiger partial charge in [0.25, 0.3) is 0 Å². The van der Waals surface area contributed by atoms with E-state index in [2.05, 4.69) is 25.1 Å². The standard InChI is InChI=1S/C26H23ClN2O3.H2S/c1-16-19(17-7-3-2-4-8-17)9-5-10-20(16)25-28-22-13-18(21(27)14-24(22)32-25)15-29-12-6-11-23(29)26(30)31;/h2-5,7-10,13-14,23H,6,11-12,15H2,1H3,(H,30,31);1H2/t23-;/m0./s1. The van der Waals surface area contributed by atoms with Crippen LogP contribution in [0.1, 0.15) is 24.0 Å². The normalized spacial score (nSPS) is 16.1. The maximum Gasteiger partial charge on any atom is 0.320 e. The Labute approximate surface area is 204 Å². The summed E-state index contributed by atoms with van der Waals surface area (Å²) in [6.45, 7) is 3.31. The number of aliphatic carboxylic acids is 1. The molecule has 2 heterocycles. The van der Waals surface area contributed by atoms with E-state index in [-0.39, 0.29) is 13.5 Å². The van der Waals surface area contributed by atoms with Crippen molar-refractivity contribution in [2.45, 2.75) is 32.4 Å². The van der Waals surface area contributed by atoms with Crippen molar-refractivity contribution in [2.75, 3.05) is 6.54 Å². The van der Waals surface area contributed by atoms with Gasteiger partial charge in [0.05, 0.1) is 0 Å². The number of rotatable bonds is 5. The highest BCUT2D eigenvalue weighted by Crippen LogP contribution is 2.35. The average Bonchev–Trinajstić information content (AvgIpc) is 3.41. The average molecular weight is 481 g/mol. The van der Waals surface area contributed by atoms with E-state index in [0.717, 1.165) is 46.3 Å². The highest BCUT2D eigenvalue weighted by Gasteiger charge is 2.30. The fraction of sp³-hybridized carbons (Fsp3) is 0.231. The van der Waals surface area contributed by atoms with Gasteiger partial charge in [-0.3, -0.25) is 9.69 Å². The monoisotopic (exact) mass is 480 g/mol. The molecule has 170 valence electrons. The van der Waals surface area contributed by atoms with Crippen LogP contribution in [-0.4, -0.2) is 33.5 Å². The number of likely N-dealkylation sites (tertiary alicyclic amines) is 1. The van der Waals surface area contributed by atoms with E-state index in [1.807, 2.05) is 41.3 Å². The molecule has 0 spiro atoms. The van der Waals surface area contributed by atoms with Crippen LogP contribution in [0.4, 0.5) is 0 Å². The number of hydrogen-bond acceptors (Lipinski definition) is 4. The van der Waals surface area contributed by atoms with Crippen LogP contribution in [0, 0.1) is 6.92 Å². The molecule has 1 aliphatic heterocycles. The summed E-state index contributed by atoms with van der Waals surface area (Å²) in [5.74, 6) is -0.231. The Morgan fingerprint density at radius 2 is 1.91 bits per heavy atom. The Kier molecular flexibility index (Phi) is 6.79. The van der Waals surface area contributed by atoms with Gasteiger partial charge in [-0.2, -0.15) is 13.5 Å². The first-order valence-corrected chi connectivity index (χ1v) is 11.1. The highest BCUT2D eigenvalue weighted by atomic mass is 35.5. The zero-order chi connectivity index (χ0) is 22.2. The molecular formula is C26H25ClN2O3S. The molecule has 5 nitrogen and oxygen atoms in total. The molecule has 4 aromatic rings. The molecule has 0 unspecified atom stereocenters. The minimum absolute atomic E-state index is 0. The van der Waals surface area contributed by atoms with Crippen LogP contribution in [0.3, 0.4) is 0 Å². The minimum Gasteiger partial charge on any atom is -0.480 e. The fourth-order valence-electron chi connectivity index (χ4n) is 4.54. The molecule has 1 aromatic heterocycles. The first-order chi connectivity index (χ1) is 15.5. The molecule has 1 saturated heterocycles. The van der Waals surface area contributed by atoms with E-state index in [9.17, 15) is 9.90 Å². The quantitative estimate of drug-likeness (QED) is 0.364. The second kappa shape index (κ2) is 9.59. The van der Waals surface area contributed by atoms with E-state index < -0.39 is 12.0 Å². The Hall–Kier alpha value is -2.80. The smallest absolute Gasteiger partial charge is 0.320 e. The predicted octanol–water partition coefficient (Wildman–Crippen LogP) is 6.29. The number of nitrogens with zero attached hydrogens (tertiary/aromatic N) is 2. The third-order valence-corrected chi connectivity index (χ3v) is 6.58. The summed E-state index contributed by atoms with van der Waals surface area (Å²) in [5.41, 5.74) is 6.51. The largest absolute Gasteiger partial charge is 0.480 e. The van der Waals surface area contributed by atoms with Crippen molar-refractivity contribution < 1.29 is 14.3 Å². The summed E-state index contributed by atoms with van der Waals surface area (Å²) in [7, 11) is 0. The van der Waals surface area contributed by atoms with E-state index >= 15 is 0 Å². The zero-order valence-electron chi connectivity index (χ0n) is 18.2. The molecule has 0 radical (unpaired) electrons. The Morgan fingerprint density at radius 1 is 1.15 bits per heavy atom. The molecule has 0 aliphatic carbocycles. The van der Waals surface area contributed by atoms with Crippen molar-refractivity contribution in [3.63, 3.8) is 0 Å². The van der Waals surface area contributed by atoms with Crippen molar-refractivity contribution in [2.24, 2.45) is 0 Å². The van der Waals surface area contributed by atoms with Crippen molar-refractivity contribution in [3.8, 4) is 22.6 Å². The van der Waals surface area contributed by atoms with Crippen LogP contribution in [0.2, 0.25) is 5.02 Å². The van der Waals surface area contributed by atoms with Crippen LogP contribution in [0.15, 0.2) is 65.1 Å². The lowest BCUT2D eigenvalue weighted by molar-refractivity contribution is -0.142. The van der Waals surface area contributed by atoms with Gasteiger partial charge >= 0.3 is 5.97 Å². The van der Waals surface area contributed by atoms with Gasteiger partial charge in [0, 0.05) is 23.2 Å². The van der Waals surface area contributed by atoms with Gasteiger partial charge < -0.3 is 9.52 Å². The summed E-state index contributed by atoms with van der Waals surface area (Å²) in [4.78, 5) is 18.2. The highest BCUT2D eigenvalue weighted by molar-refractivity contribution is 7.59. The van der Waals surface area contributed by atoms with Gasteiger partial charge in [0.1, 0.15) is 11.6 Å². The number of hydrogen-bond donors (Lipinski definition) is 1. The summed E-state index contributed by atoms with van der Waals surface area (Å²) in [5, 5.41) is 10.0. The third-order valence-electron chi connectivity index (χ3n) is 6.23. The van der Waals surface area contributed by atoms with E-state index in [1.54, 1.807) is 6.07 Å². The van der Waals surface area contributed by atoms with Crippen molar-refractivity contribution in [1.82, 2.24) is 9.88 Å². The SMILES string of the molecule is Cc1c(-c2ccccc2)cccc1-c1nc2cc(CN3CCC[C@H]3C(=O)O)c(Cl)cc2o1.S. The number of carbonyl (C=O) groups is 1. The molecule has 1 aliphatic rings. The number of benzene rings is 3. The molecule has 3 aromatic carbocycles. The van der Waals surface area contributed by atoms with E-state index in [0.29, 0.717) is 29.5 Å².